The zero-order valence-corrected chi connectivity index (χ0v) is 11.8. The molecule has 0 amide bonds. The second-order valence-electron chi connectivity index (χ2n) is 3.64. The summed E-state index contributed by atoms with van der Waals surface area (Å²) in [5, 5.41) is 0. The van der Waals surface area contributed by atoms with Crippen LogP contribution in [-0.4, -0.2) is 51.1 Å². The van der Waals surface area contributed by atoms with E-state index in [1.54, 1.807) is 0 Å². The van der Waals surface area contributed by atoms with Crippen LogP contribution in [0.2, 0.25) is 0 Å². The van der Waals surface area contributed by atoms with Gasteiger partial charge in [-0.1, -0.05) is 13.8 Å². The largest absolute Gasteiger partial charge is 0.303 e. The Morgan fingerprint density at radius 2 is 1.81 bits per heavy atom. The molecule has 0 saturated carbocycles. The summed E-state index contributed by atoms with van der Waals surface area (Å²) in [6.45, 7) is 7.29. The summed E-state index contributed by atoms with van der Waals surface area (Å²) in [6, 6.07) is 0. The van der Waals surface area contributed by atoms with Crippen molar-refractivity contribution in [1.29, 1.82) is 0 Å². The molecule has 0 fully saturated rings. The quantitative estimate of drug-likeness (QED) is 0.480. The van der Waals surface area contributed by atoms with E-state index in [4.69, 9.17) is 11.6 Å². The molecular formula is C10H23ClN2O2S. The Kier molecular flexibility index (Phi) is 9.31. The van der Waals surface area contributed by atoms with Gasteiger partial charge >= 0.3 is 0 Å². The molecule has 0 aliphatic heterocycles. The number of halogens is 1. The fourth-order valence-corrected chi connectivity index (χ4v) is 2.68. The maximum Gasteiger partial charge on any atom is 0.211 e. The molecule has 0 unspecified atom stereocenters. The van der Waals surface area contributed by atoms with Crippen LogP contribution in [0.5, 0.6) is 0 Å². The first-order valence-corrected chi connectivity index (χ1v) is 8.00. The highest BCUT2D eigenvalue weighted by Crippen LogP contribution is 1.96. The zero-order chi connectivity index (χ0) is 12.4. The number of nitrogens with zero attached hydrogens (tertiary/aromatic N) is 1. The highest BCUT2D eigenvalue weighted by molar-refractivity contribution is 7.89. The van der Waals surface area contributed by atoms with Crippen LogP contribution in [0.3, 0.4) is 0 Å². The summed E-state index contributed by atoms with van der Waals surface area (Å²) in [5.74, 6) is 0.701. The van der Waals surface area contributed by atoms with Gasteiger partial charge in [0.15, 0.2) is 0 Å². The van der Waals surface area contributed by atoms with Crippen molar-refractivity contribution in [2.45, 2.75) is 26.7 Å². The van der Waals surface area contributed by atoms with Crippen LogP contribution in [0.15, 0.2) is 0 Å². The van der Waals surface area contributed by atoms with Crippen LogP contribution in [-0.2, 0) is 10.0 Å². The van der Waals surface area contributed by atoms with Gasteiger partial charge in [0.05, 0.1) is 5.75 Å². The van der Waals surface area contributed by atoms with E-state index in [9.17, 15) is 8.42 Å². The number of alkyl halides is 1. The third-order valence-electron chi connectivity index (χ3n) is 2.44. The predicted molar refractivity (Wildman–Crippen MR) is 69.5 cm³/mol. The fourth-order valence-electron chi connectivity index (χ4n) is 1.36. The molecule has 98 valence electrons. The summed E-state index contributed by atoms with van der Waals surface area (Å²) in [7, 11) is -3.10. The molecule has 0 aromatic carbocycles. The number of hydrogen-bond acceptors (Lipinski definition) is 3. The van der Waals surface area contributed by atoms with Gasteiger partial charge in [0.2, 0.25) is 10.0 Å². The van der Waals surface area contributed by atoms with Crippen LogP contribution in [0.1, 0.15) is 26.7 Å². The lowest BCUT2D eigenvalue weighted by Crippen LogP contribution is -2.35. The second-order valence-corrected chi connectivity index (χ2v) is 5.94. The van der Waals surface area contributed by atoms with Gasteiger partial charge in [0.1, 0.15) is 0 Å². The third kappa shape index (κ3) is 8.33. The van der Waals surface area contributed by atoms with Crippen LogP contribution < -0.4 is 4.72 Å². The summed E-state index contributed by atoms with van der Waals surface area (Å²) in [4.78, 5) is 2.18. The van der Waals surface area contributed by atoms with Gasteiger partial charge in [-0.25, -0.2) is 13.1 Å². The molecule has 0 aromatic heterocycles. The molecule has 0 saturated heterocycles. The van der Waals surface area contributed by atoms with E-state index in [0.717, 1.165) is 26.1 Å². The molecule has 0 rings (SSSR count). The molecule has 0 atom stereocenters. The average molecular weight is 271 g/mol. The Hall–Kier alpha value is 0.160. The highest BCUT2D eigenvalue weighted by atomic mass is 35.5. The van der Waals surface area contributed by atoms with Crippen molar-refractivity contribution in [3.8, 4) is 0 Å². The Morgan fingerprint density at radius 1 is 1.19 bits per heavy atom. The molecule has 16 heavy (non-hydrogen) atoms. The van der Waals surface area contributed by atoms with E-state index >= 15 is 0 Å². The van der Waals surface area contributed by atoms with Crippen molar-refractivity contribution in [2.24, 2.45) is 0 Å². The Balaban J connectivity index is 3.73. The number of rotatable bonds is 10. The molecule has 6 heteroatoms. The van der Waals surface area contributed by atoms with Gasteiger partial charge in [-0.05, 0) is 25.9 Å². The van der Waals surface area contributed by atoms with Crippen LogP contribution in [0, 0.1) is 0 Å². The van der Waals surface area contributed by atoms with E-state index < -0.39 is 10.0 Å². The lowest BCUT2D eigenvalue weighted by molar-refractivity contribution is 0.309. The molecule has 1 N–H and O–H groups in total. The number of hydrogen-bond donors (Lipinski definition) is 1. The fraction of sp³-hybridized carbons (Fsp3) is 1.00. The van der Waals surface area contributed by atoms with E-state index in [0.29, 0.717) is 18.8 Å². The van der Waals surface area contributed by atoms with E-state index in [2.05, 4.69) is 23.5 Å². The Bertz CT molecular complexity index is 254. The molecule has 0 aromatic rings. The number of unbranched alkanes of at least 4 members (excludes halogenated alkanes) is 1. The topological polar surface area (TPSA) is 49.4 Å². The lowest BCUT2D eigenvalue weighted by atomic mass is 10.4. The average Bonchev–Trinajstić information content (AvgIpc) is 2.24. The second kappa shape index (κ2) is 9.22. The molecule has 4 nitrogen and oxygen atoms in total. The molecule has 0 aliphatic rings. The molecule has 0 bridgehead atoms. The maximum atomic E-state index is 11.5. The molecule has 0 aliphatic carbocycles. The smallest absolute Gasteiger partial charge is 0.211 e. The van der Waals surface area contributed by atoms with Crippen molar-refractivity contribution >= 4 is 21.6 Å². The van der Waals surface area contributed by atoms with Crippen LogP contribution in [0.4, 0.5) is 0 Å². The molecular weight excluding hydrogens is 248 g/mol. The molecule has 0 radical (unpaired) electrons. The standard InChI is InChI=1S/C10H23ClN2O2S/c1-3-13(4-2)9-8-12-16(14,15)10-6-5-7-11/h12H,3-10H2,1-2H3. The van der Waals surface area contributed by atoms with Gasteiger partial charge in [0.25, 0.3) is 0 Å². The van der Waals surface area contributed by atoms with Crippen molar-refractivity contribution in [2.75, 3.05) is 37.8 Å². The molecule has 0 spiro atoms. The predicted octanol–water partition coefficient (Wildman–Crippen LogP) is 1.27. The summed E-state index contributed by atoms with van der Waals surface area (Å²) in [6.07, 6.45) is 1.38. The van der Waals surface area contributed by atoms with E-state index in [-0.39, 0.29) is 5.75 Å². The number of nitrogens with one attached hydrogen (secondary N) is 1. The number of likely N-dealkylation sites (N-methyl/N-ethyl adjacent to an activating group) is 1. The first kappa shape index (κ1) is 16.2. The minimum atomic E-state index is -3.10. The first-order chi connectivity index (χ1) is 7.55. The van der Waals surface area contributed by atoms with Crippen molar-refractivity contribution < 1.29 is 8.42 Å². The zero-order valence-electron chi connectivity index (χ0n) is 10.2. The number of sulfonamides is 1. The minimum absolute atomic E-state index is 0.179. The Morgan fingerprint density at radius 3 is 2.31 bits per heavy atom. The third-order valence-corrected chi connectivity index (χ3v) is 4.18. The minimum Gasteiger partial charge on any atom is -0.303 e. The van der Waals surface area contributed by atoms with Gasteiger partial charge in [-0.15, -0.1) is 11.6 Å². The summed E-state index contributed by atoms with van der Waals surface area (Å²) in [5.41, 5.74) is 0. The van der Waals surface area contributed by atoms with Gasteiger partial charge in [-0.2, -0.15) is 0 Å². The van der Waals surface area contributed by atoms with Crippen LogP contribution in [0.25, 0.3) is 0 Å². The van der Waals surface area contributed by atoms with E-state index in [1.807, 2.05) is 0 Å². The monoisotopic (exact) mass is 270 g/mol. The van der Waals surface area contributed by atoms with Gasteiger partial charge < -0.3 is 4.90 Å². The lowest BCUT2D eigenvalue weighted by Gasteiger charge is -2.17. The van der Waals surface area contributed by atoms with Gasteiger partial charge in [-0.3, -0.25) is 0 Å². The summed E-state index contributed by atoms with van der Waals surface area (Å²) >= 11 is 5.49. The maximum absolute atomic E-state index is 11.5. The highest BCUT2D eigenvalue weighted by Gasteiger charge is 2.09. The van der Waals surface area contributed by atoms with Crippen molar-refractivity contribution in [3.05, 3.63) is 0 Å². The van der Waals surface area contributed by atoms with Gasteiger partial charge in [0, 0.05) is 19.0 Å². The normalized spacial score (nSPS) is 12.2. The van der Waals surface area contributed by atoms with Crippen molar-refractivity contribution in [1.82, 2.24) is 9.62 Å². The van der Waals surface area contributed by atoms with E-state index in [1.165, 1.54) is 0 Å². The first-order valence-electron chi connectivity index (χ1n) is 5.81. The van der Waals surface area contributed by atoms with Crippen molar-refractivity contribution in [3.63, 3.8) is 0 Å². The summed E-state index contributed by atoms with van der Waals surface area (Å²) < 4.78 is 25.6. The SMILES string of the molecule is CCN(CC)CCNS(=O)(=O)CCCCCl. The Labute approximate surface area is 104 Å². The van der Waals surface area contributed by atoms with Crippen LogP contribution >= 0.6 is 11.6 Å². The molecule has 0 heterocycles.